The second-order valence-electron chi connectivity index (χ2n) is 4.22. The van der Waals surface area contributed by atoms with Crippen LogP contribution >= 0.6 is 0 Å². The monoisotopic (exact) mass is 234 g/mol. The second-order valence-corrected chi connectivity index (χ2v) is 4.22. The molecule has 0 aliphatic heterocycles. The first kappa shape index (κ1) is 9.41. The van der Waals surface area contributed by atoms with Crippen molar-refractivity contribution in [3.63, 3.8) is 0 Å². The first-order valence-corrected chi connectivity index (χ1v) is 5.79. The first-order chi connectivity index (χ1) is 8.93. The summed E-state index contributed by atoms with van der Waals surface area (Å²) in [6, 6.07) is 14.2. The van der Waals surface area contributed by atoms with Crippen LogP contribution in [0.25, 0.3) is 27.5 Å². The molecule has 0 spiro atoms. The highest BCUT2D eigenvalue weighted by Crippen LogP contribution is 2.23. The van der Waals surface area contributed by atoms with Crippen LogP contribution in [-0.2, 0) is 0 Å². The molecular weight excluding hydrogens is 224 g/mol. The molecule has 0 saturated carbocycles. The van der Waals surface area contributed by atoms with Crippen molar-refractivity contribution in [3.8, 4) is 5.69 Å². The standard InChI is InChI=1S/C14H10N4/c1-2-6-13-10(4-1)8-16-18(13)14-7-3-5-12-11(14)9-15-17-12/h1-9H,(H,15,17). The fraction of sp³-hybridized carbons (Fsp3) is 0. The summed E-state index contributed by atoms with van der Waals surface area (Å²) >= 11 is 0. The van der Waals surface area contributed by atoms with E-state index in [-0.39, 0.29) is 0 Å². The van der Waals surface area contributed by atoms with Crippen molar-refractivity contribution < 1.29 is 0 Å². The number of aromatic amines is 1. The highest BCUT2D eigenvalue weighted by atomic mass is 15.3. The Hall–Kier alpha value is -2.62. The van der Waals surface area contributed by atoms with Crippen LogP contribution in [0, 0.1) is 0 Å². The summed E-state index contributed by atoms with van der Waals surface area (Å²) < 4.78 is 1.95. The third kappa shape index (κ3) is 1.20. The lowest BCUT2D eigenvalue weighted by atomic mass is 10.2. The number of hydrogen-bond donors (Lipinski definition) is 1. The van der Waals surface area contributed by atoms with E-state index < -0.39 is 0 Å². The zero-order valence-electron chi connectivity index (χ0n) is 9.54. The molecule has 0 saturated heterocycles. The van der Waals surface area contributed by atoms with Crippen molar-refractivity contribution >= 4 is 21.8 Å². The van der Waals surface area contributed by atoms with E-state index in [4.69, 9.17) is 0 Å². The van der Waals surface area contributed by atoms with Crippen molar-refractivity contribution in [3.05, 3.63) is 54.9 Å². The summed E-state index contributed by atoms with van der Waals surface area (Å²) in [6.45, 7) is 0. The molecule has 4 heteroatoms. The maximum atomic E-state index is 4.47. The molecule has 0 fully saturated rings. The molecule has 18 heavy (non-hydrogen) atoms. The van der Waals surface area contributed by atoms with Crippen LogP contribution in [0.1, 0.15) is 0 Å². The van der Waals surface area contributed by atoms with E-state index in [2.05, 4.69) is 33.5 Å². The van der Waals surface area contributed by atoms with Crippen molar-refractivity contribution in [2.75, 3.05) is 0 Å². The van der Waals surface area contributed by atoms with Crippen molar-refractivity contribution in [1.29, 1.82) is 0 Å². The Morgan fingerprint density at radius 3 is 2.89 bits per heavy atom. The van der Waals surface area contributed by atoms with Crippen molar-refractivity contribution in [2.24, 2.45) is 0 Å². The van der Waals surface area contributed by atoms with Gasteiger partial charge in [0.1, 0.15) is 0 Å². The number of hydrogen-bond acceptors (Lipinski definition) is 2. The number of fused-ring (bicyclic) bond motifs is 2. The van der Waals surface area contributed by atoms with Crippen molar-refractivity contribution in [2.45, 2.75) is 0 Å². The fourth-order valence-corrected chi connectivity index (χ4v) is 2.30. The second kappa shape index (κ2) is 3.43. The number of aromatic nitrogens is 4. The summed E-state index contributed by atoms with van der Waals surface area (Å²) in [5.41, 5.74) is 3.17. The SMILES string of the molecule is c1ccc2c(c1)cnn2-c1cccc2[nH]ncc12. The van der Waals surface area contributed by atoms with E-state index >= 15 is 0 Å². The van der Waals surface area contributed by atoms with Crippen LogP contribution < -0.4 is 0 Å². The number of nitrogens with one attached hydrogen (secondary N) is 1. The van der Waals surface area contributed by atoms with E-state index in [1.807, 2.05) is 41.3 Å². The molecule has 0 amide bonds. The van der Waals surface area contributed by atoms with Crippen LogP contribution in [0.3, 0.4) is 0 Å². The topological polar surface area (TPSA) is 46.5 Å². The molecule has 2 aromatic carbocycles. The van der Waals surface area contributed by atoms with Crippen LogP contribution in [0.2, 0.25) is 0 Å². The Morgan fingerprint density at radius 1 is 0.944 bits per heavy atom. The molecule has 0 aliphatic carbocycles. The average molecular weight is 234 g/mol. The van der Waals surface area contributed by atoms with E-state index in [1.165, 1.54) is 0 Å². The molecule has 4 aromatic rings. The molecule has 4 rings (SSSR count). The minimum absolute atomic E-state index is 1.02. The van der Waals surface area contributed by atoms with Gasteiger partial charge in [-0.3, -0.25) is 5.10 Å². The molecule has 2 heterocycles. The number of rotatable bonds is 1. The largest absolute Gasteiger partial charge is 0.278 e. The van der Waals surface area contributed by atoms with Gasteiger partial charge >= 0.3 is 0 Å². The van der Waals surface area contributed by atoms with E-state index in [9.17, 15) is 0 Å². The maximum absolute atomic E-state index is 4.47. The minimum Gasteiger partial charge on any atom is -0.278 e. The first-order valence-electron chi connectivity index (χ1n) is 5.79. The molecule has 0 unspecified atom stereocenters. The summed E-state index contributed by atoms with van der Waals surface area (Å²) in [7, 11) is 0. The van der Waals surface area contributed by atoms with E-state index in [1.54, 1.807) is 0 Å². The quantitative estimate of drug-likeness (QED) is 0.550. The van der Waals surface area contributed by atoms with Crippen LogP contribution in [0.15, 0.2) is 54.9 Å². The minimum atomic E-state index is 1.02. The number of para-hydroxylation sites is 1. The van der Waals surface area contributed by atoms with Gasteiger partial charge in [-0.25, -0.2) is 4.68 Å². The Morgan fingerprint density at radius 2 is 1.89 bits per heavy atom. The summed E-state index contributed by atoms with van der Waals surface area (Å²) in [6.07, 6.45) is 3.72. The van der Waals surface area contributed by atoms with Gasteiger partial charge in [-0.15, -0.1) is 0 Å². The molecular formula is C14H10N4. The molecule has 1 N–H and O–H groups in total. The van der Waals surface area contributed by atoms with Gasteiger partial charge < -0.3 is 0 Å². The highest BCUT2D eigenvalue weighted by molar-refractivity contribution is 5.89. The molecule has 0 atom stereocenters. The molecule has 0 aliphatic rings. The van der Waals surface area contributed by atoms with Gasteiger partial charge in [-0.1, -0.05) is 24.3 Å². The summed E-state index contributed by atoms with van der Waals surface area (Å²) in [5.74, 6) is 0. The van der Waals surface area contributed by atoms with Gasteiger partial charge in [0.2, 0.25) is 0 Å². The fourth-order valence-electron chi connectivity index (χ4n) is 2.30. The Bertz CT molecular complexity index is 841. The zero-order chi connectivity index (χ0) is 11.9. The van der Waals surface area contributed by atoms with E-state index in [0.717, 1.165) is 27.5 Å². The lowest BCUT2D eigenvalue weighted by Gasteiger charge is -2.04. The van der Waals surface area contributed by atoms with Gasteiger partial charge in [0, 0.05) is 10.8 Å². The van der Waals surface area contributed by atoms with Gasteiger partial charge in [-0.05, 0) is 18.2 Å². The maximum Gasteiger partial charge on any atom is 0.0762 e. The van der Waals surface area contributed by atoms with Crippen LogP contribution in [0.4, 0.5) is 0 Å². The van der Waals surface area contributed by atoms with Crippen molar-refractivity contribution in [1.82, 2.24) is 20.0 Å². The van der Waals surface area contributed by atoms with Crippen LogP contribution in [-0.4, -0.2) is 20.0 Å². The van der Waals surface area contributed by atoms with Gasteiger partial charge in [0.25, 0.3) is 0 Å². The number of benzene rings is 2. The highest BCUT2D eigenvalue weighted by Gasteiger charge is 2.08. The Labute approximate surface area is 103 Å². The number of H-pyrrole nitrogens is 1. The normalized spacial score (nSPS) is 11.3. The smallest absolute Gasteiger partial charge is 0.0762 e. The molecule has 0 radical (unpaired) electrons. The molecule has 86 valence electrons. The average Bonchev–Trinajstić information content (AvgIpc) is 3.05. The molecule has 0 bridgehead atoms. The predicted octanol–water partition coefficient (Wildman–Crippen LogP) is 2.90. The lowest BCUT2D eigenvalue weighted by Crippen LogP contribution is -1.96. The van der Waals surface area contributed by atoms with Gasteiger partial charge in [0.15, 0.2) is 0 Å². The predicted molar refractivity (Wildman–Crippen MR) is 70.7 cm³/mol. The van der Waals surface area contributed by atoms with Gasteiger partial charge in [-0.2, -0.15) is 10.2 Å². The summed E-state index contributed by atoms with van der Waals surface area (Å²) in [5, 5.41) is 13.7. The van der Waals surface area contributed by atoms with Crippen LogP contribution in [0.5, 0.6) is 0 Å². The Kier molecular flexibility index (Phi) is 1.80. The zero-order valence-corrected chi connectivity index (χ0v) is 9.54. The third-order valence-electron chi connectivity index (χ3n) is 3.17. The molecule has 4 nitrogen and oxygen atoms in total. The Balaban J connectivity index is 2.10. The number of nitrogens with zero attached hydrogens (tertiary/aromatic N) is 3. The molecule has 2 aromatic heterocycles. The lowest BCUT2D eigenvalue weighted by molar-refractivity contribution is 0.918. The van der Waals surface area contributed by atoms with E-state index in [0.29, 0.717) is 0 Å². The third-order valence-corrected chi connectivity index (χ3v) is 3.17. The summed E-state index contributed by atoms with van der Waals surface area (Å²) in [4.78, 5) is 0. The van der Waals surface area contributed by atoms with Gasteiger partial charge in [0.05, 0.1) is 29.1 Å².